The van der Waals surface area contributed by atoms with Gasteiger partial charge in [0.1, 0.15) is 5.82 Å². The fourth-order valence-electron chi connectivity index (χ4n) is 3.13. The normalized spacial score (nSPS) is 18.2. The van der Waals surface area contributed by atoms with Crippen LogP contribution in [0.3, 0.4) is 0 Å². The molecule has 0 bridgehead atoms. The molecule has 100 valence electrons. The third-order valence-electron chi connectivity index (χ3n) is 3.78. The summed E-state index contributed by atoms with van der Waals surface area (Å²) in [4.78, 5) is 0. The van der Waals surface area contributed by atoms with Gasteiger partial charge in [-0.25, -0.2) is 0 Å². The van der Waals surface area contributed by atoms with Crippen LogP contribution < -0.4 is 5.32 Å². The summed E-state index contributed by atoms with van der Waals surface area (Å²) in [6.07, 6.45) is 6.68. The molecule has 1 aromatic heterocycles. The molecule has 1 aliphatic carbocycles. The predicted molar refractivity (Wildman–Crippen MR) is 75.9 cm³/mol. The third-order valence-corrected chi connectivity index (χ3v) is 3.98. The number of rotatable bonds is 5. The second-order valence-electron chi connectivity index (χ2n) is 5.90. The summed E-state index contributed by atoms with van der Waals surface area (Å²) in [5.41, 5.74) is 0.454. The van der Waals surface area contributed by atoms with Crippen molar-refractivity contribution < 1.29 is 0 Å². The van der Waals surface area contributed by atoms with E-state index in [4.69, 9.17) is 11.6 Å². The van der Waals surface area contributed by atoms with E-state index in [1.165, 1.54) is 32.1 Å². The molecule has 0 aromatic carbocycles. The summed E-state index contributed by atoms with van der Waals surface area (Å²) in [6.45, 7) is 5.62. The highest BCUT2D eigenvalue weighted by molar-refractivity contribution is 6.29. The van der Waals surface area contributed by atoms with Gasteiger partial charge >= 0.3 is 0 Å². The van der Waals surface area contributed by atoms with E-state index in [1.54, 1.807) is 6.07 Å². The Balaban J connectivity index is 1.95. The van der Waals surface area contributed by atoms with E-state index in [1.807, 2.05) is 6.07 Å². The van der Waals surface area contributed by atoms with Crippen molar-refractivity contribution in [3.8, 4) is 0 Å². The number of nitrogens with one attached hydrogen (secondary N) is 1. The fraction of sp³-hybridized carbons (Fsp3) is 0.714. The monoisotopic (exact) mass is 267 g/mol. The Bertz CT molecular complexity index is 369. The second-order valence-corrected chi connectivity index (χ2v) is 6.29. The number of halogens is 1. The molecule has 1 aliphatic rings. The number of hydrogen-bond acceptors (Lipinski definition) is 3. The summed E-state index contributed by atoms with van der Waals surface area (Å²) in [5, 5.41) is 11.8. The fourth-order valence-corrected chi connectivity index (χ4v) is 3.23. The Hall–Kier alpha value is -0.830. The maximum absolute atomic E-state index is 5.73. The standard InChI is InChI=1S/C14H22ClN3/c1-11(2)9-14(7-3-4-8-14)10-16-13-6-5-12(15)17-18-13/h5-6,11H,3-4,7-10H2,1-2H3,(H,16,18). The number of hydrogen-bond donors (Lipinski definition) is 1. The van der Waals surface area contributed by atoms with Gasteiger partial charge in [-0.1, -0.05) is 38.3 Å². The Morgan fingerprint density at radius 3 is 2.56 bits per heavy atom. The summed E-state index contributed by atoms with van der Waals surface area (Å²) >= 11 is 5.73. The molecule has 4 heteroatoms. The van der Waals surface area contributed by atoms with Crippen molar-refractivity contribution in [2.45, 2.75) is 46.0 Å². The smallest absolute Gasteiger partial charge is 0.151 e. The Labute approximate surface area is 114 Å². The lowest BCUT2D eigenvalue weighted by molar-refractivity contribution is 0.252. The van der Waals surface area contributed by atoms with Crippen molar-refractivity contribution in [1.82, 2.24) is 10.2 Å². The summed E-state index contributed by atoms with van der Waals surface area (Å²) < 4.78 is 0. The summed E-state index contributed by atoms with van der Waals surface area (Å²) in [5.74, 6) is 1.58. The lowest BCUT2D eigenvalue weighted by Gasteiger charge is -2.31. The van der Waals surface area contributed by atoms with Gasteiger partial charge in [-0.3, -0.25) is 0 Å². The van der Waals surface area contributed by atoms with Crippen molar-refractivity contribution in [2.75, 3.05) is 11.9 Å². The molecule has 0 aliphatic heterocycles. The van der Waals surface area contributed by atoms with Crippen LogP contribution in [-0.4, -0.2) is 16.7 Å². The number of nitrogens with zero attached hydrogens (tertiary/aromatic N) is 2. The van der Waals surface area contributed by atoms with Gasteiger partial charge in [-0.15, -0.1) is 10.2 Å². The van der Waals surface area contributed by atoms with Crippen LogP contribution in [0.2, 0.25) is 5.15 Å². The zero-order valence-electron chi connectivity index (χ0n) is 11.2. The first-order valence-electron chi connectivity index (χ1n) is 6.83. The molecule has 1 fully saturated rings. The minimum Gasteiger partial charge on any atom is -0.368 e. The zero-order chi connectivity index (χ0) is 13.0. The Morgan fingerprint density at radius 1 is 1.28 bits per heavy atom. The van der Waals surface area contributed by atoms with E-state index in [0.29, 0.717) is 10.6 Å². The van der Waals surface area contributed by atoms with Crippen LogP contribution in [0.4, 0.5) is 5.82 Å². The highest BCUT2D eigenvalue weighted by Crippen LogP contribution is 2.43. The molecule has 2 rings (SSSR count). The molecule has 0 radical (unpaired) electrons. The maximum Gasteiger partial charge on any atom is 0.151 e. The SMILES string of the molecule is CC(C)CC1(CNc2ccc(Cl)nn2)CCCC1. The van der Waals surface area contributed by atoms with Gasteiger partial charge in [0.15, 0.2) is 5.15 Å². The van der Waals surface area contributed by atoms with Crippen LogP contribution in [-0.2, 0) is 0 Å². The molecule has 1 saturated carbocycles. The first kappa shape index (κ1) is 13.6. The summed E-state index contributed by atoms with van der Waals surface area (Å²) in [7, 11) is 0. The molecule has 0 saturated heterocycles. The van der Waals surface area contributed by atoms with Crippen LogP contribution >= 0.6 is 11.6 Å². The molecule has 1 N–H and O–H groups in total. The Kier molecular flexibility index (Phi) is 4.44. The average molecular weight is 268 g/mol. The molecule has 18 heavy (non-hydrogen) atoms. The van der Waals surface area contributed by atoms with Gasteiger partial charge in [0, 0.05) is 6.54 Å². The van der Waals surface area contributed by atoms with Gasteiger partial charge in [-0.05, 0) is 42.7 Å². The number of aromatic nitrogens is 2. The average Bonchev–Trinajstić information content (AvgIpc) is 2.76. The van der Waals surface area contributed by atoms with Crippen LogP contribution in [0.15, 0.2) is 12.1 Å². The highest BCUT2D eigenvalue weighted by atomic mass is 35.5. The summed E-state index contributed by atoms with van der Waals surface area (Å²) in [6, 6.07) is 3.67. The van der Waals surface area contributed by atoms with Gasteiger partial charge in [0.25, 0.3) is 0 Å². The molecule has 0 unspecified atom stereocenters. The van der Waals surface area contributed by atoms with Crippen molar-refractivity contribution in [2.24, 2.45) is 11.3 Å². The lowest BCUT2D eigenvalue weighted by Crippen LogP contribution is -2.28. The van der Waals surface area contributed by atoms with E-state index in [2.05, 4.69) is 29.4 Å². The molecule has 1 aromatic rings. The van der Waals surface area contributed by atoms with Gasteiger partial charge < -0.3 is 5.32 Å². The topological polar surface area (TPSA) is 37.8 Å². The molecule has 0 atom stereocenters. The minimum atomic E-state index is 0.443. The van der Waals surface area contributed by atoms with E-state index < -0.39 is 0 Å². The molecule has 0 spiro atoms. The molecular formula is C14H22ClN3. The number of anilines is 1. The molecule has 0 amide bonds. The van der Waals surface area contributed by atoms with Crippen molar-refractivity contribution >= 4 is 17.4 Å². The van der Waals surface area contributed by atoms with Crippen LogP contribution in [0.25, 0.3) is 0 Å². The van der Waals surface area contributed by atoms with Crippen LogP contribution in [0, 0.1) is 11.3 Å². The minimum absolute atomic E-state index is 0.443. The third kappa shape index (κ3) is 3.58. The zero-order valence-corrected chi connectivity index (χ0v) is 12.0. The van der Waals surface area contributed by atoms with E-state index in [0.717, 1.165) is 18.3 Å². The Morgan fingerprint density at radius 2 is 2.00 bits per heavy atom. The first-order chi connectivity index (χ1) is 8.60. The van der Waals surface area contributed by atoms with E-state index >= 15 is 0 Å². The van der Waals surface area contributed by atoms with Gasteiger partial charge in [0.2, 0.25) is 0 Å². The van der Waals surface area contributed by atoms with Crippen molar-refractivity contribution in [3.63, 3.8) is 0 Å². The predicted octanol–water partition coefficient (Wildman–Crippen LogP) is 4.15. The second kappa shape index (κ2) is 5.87. The van der Waals surface area contributed by atoms with E-state index in [-0.39, 0.29) is 0 Å². The molecule has 1 heterocycles. The quantitative estimate of drug-likeness (QED) is 0.871. The lowest BCUT2D eigenvalue weighted by atomic mass is 9.78. The highest BCUT2D eigenvalue weighted by Gasteiger charge is 2.34. The molecular weight excluding hydrogens is 246 g/mol. The first-order valence-corrected chi connectivity index (χ1v) is 7.21. The largest absolute Gasteiger partial charge is 0.368 e. The van der Waals surface area contributed by atoms with Crippen molar-refractivity contribution in [3.05, 3.63) is 17.3 Å². The van der Waals surface area contributed by atoms with Crippen LogP contribution in [0.5, 0.6) is 0 Å². The van der Waals surface area contributed by atoms with Crippen molar-refractivity contribution in [1.29, 1.82) is 0 Å². The van der Waals surface area contributed by atoms with Gasteiger partial charge in [0.05, 0.1) is 0 Å². The van der Waals surface area contributed by atoms with Crippen LogP contribution in [0.1, 0.15) is 46.0 Å². The van der Waals surface area contributed by atoms with E-state index in [9.17, 15) is 0 Å². The maximum atomic E-state index is 5.73. The molecule has 3 nitrogen and oxygen atoms in total. The van der Waals surface area contributed by atoms with Gasteiger partial charge in [-0.2, -0.15) is 0 Å².